The number of nitrogens with one attached hydrogen (secondary N) is 1. The van der Waals surface area contributed by atoms with Crippen LogP contribution >= 0.6 is 23.9 Å². The third-order valence-corrected chi connectivity index (χ3v) is 4.58. The van der Waals surface area contributed by atoms with E-state index >= 15 is 0 Å². The van der Waals surface area contributed by atoms with E-state index in [1.54, 1.807) is 23.9 Å². The molecule has 14 heavy (non-hydrogen) atoms. The fourth-order valence-electron chi connectivity index (χ4n) is 0.614. The highest BCUT2D eigenvalue weighted by Gasteiger charge is 2.15. The zero-order valence-corrected chi connectivity index (χ0v) is 11.0. The molecule has 0 aliphatic carbocycles. The lowest BCUT2D eigenvalue weighted by Crippen LogP contribution is -2.28. The summed E-state index contributed by atoms with van der Waals surface area (Å²) in [6.45, 7) is 8.59. The van der Waals surface area contributed by atoms with Crippen LogP contribution in [0.1, 0.15) is 40.5 Å². The van der Waals surface area contributed by atoms with Gasteiger partial charge in [0.2, 0.25) is 5.96 Å². The van der Waals surface area contributed by atoms with Crippen molar-refractivity contribution in [2.45, 2.75) is 51.0 Å². The molecular weight excluding hydrogens is 214 g/mol. The molecule has 0 aromatic rings. The van der Waals surface area contributed by atoms with Crippen LogP contribution in [0.3, 0.4) is 0 Å². The summed E-state index contributed by atoms with van der Waals surface area (Å²) in [6.07, 6.45) is 2.19. The standard InChI is InChI=1S/C9H21N3S2/c1-5-7(3)13-12(9(10)11)14-8(4)6-2/h7-8H,5-6H2,1-4H3,(H3,10,11). The Kier molecular flexibility index (Phi) is 7.27. The molecular formula is C9H21N3S2. The average molecular weight is 235 g/mol. The van der Waals surface area contributed by atoms with E-state index < -0.39 is 0 Å². The average Bonchev–Trinajstić information content (AvgIpc) is 2.16. The zero-order chi connectivity index (χ0) is 11.1. The van der Waals surface area contributed by atoms with Crippen LogP contribution in [0, 0.1) is 5.41 Å². The van der Waals surface area contributed by atoms with Gasteiger partial charge in [0, 0.05) is 10.5 Å². The van der Waals surface area contributed by atoms with Crippen LogP contribution in [0.25, 0.3) is 0 Å². The number of nitrogens with zero attached hydrogens (tertiary/aromatic N) is 1. The molecule has 5 heteroatoms. The normalized spacial score (nSPS) is 14.9. The highest BCUT2D eigenvalue weighted by molar-refractivity contribution is 8.13. The van der Waals surface area contributed by atoms with Gasteiger partial charge in [0.15, 0.2) is 0 Å². The summed E-state index contributed by atoms with van der Waals surface area (Å²) in [5.74, 6) is 0.139. The van der Waals surface area contributed by atoms with Gasteiger partial charge in [-0.3, -0.25) is 5.41 Å². The molecule has 0 spiro atoms. The summed E-state index contributed by atoms with van der Waals surface area (Å²) in [5.41, 5.74) is 5.51. The molecule has 0 aromatic carbocycles. The molecule has 0 radical (unpaired) electrons. The Labute approximate surface area is 96.0 Å². The van der Waals surface area contributed by atoms with Gasteiger partial charge in [-0.05, 0) is 36.7 Å². The van der Waals surface area contributed by atoms with Crippen LogP contribution in [0.2, 0.25) is 0 Å². The van der Waals surface area contributed by atoms with Gasteiger partial charge in [0.1, 0.15) is 0 Å². The minimum atomic E-state index is 0.139. The van der Waals surface area contributed by atoms with E-state index in [2.05, 4.69) is 27.7 Å². The fourth-order valence-corrected chi connectivity index (χ4v) is 2.87. The van der Waals surface area contributed by atoms with Gasteiger partial charge in [-0.15, -0.1) is 0 Å². The summed E-state index contributed by atoms with van der Waals surface area (Å²) >= 11 is 3.29. The molecule has 0 aliphatic heterocycles. The molecule has 0 aliphatic rings. The maximum atomic E-state index is 7.45. The van der Waals surface area contributed by atoms with E-state index in [0.29, 0.717) is 10.5 Å². The Morgan fingerprint density at radius 1 is 1.21 bits per heavy atom. The molecule has 3 nitrogen and oxygen atoms in total. The molecule has 0 fully saturated rings. The van der Waals surface area contributed by atoms with E-state index in [0.717, 1.165) is 12.8 Å². The van der Waals surface area contributed by atoms with Gasteiger partial charge in [-0.25, -0.2) is 3.71 Å². The smallest absolute Gasteiger partial charge is 0.209 e. The van der Waals surface area contributed by atoms with E-state index in [9.17, 15) is 0 Å². The van der Waals surface area contributed by atoms with E-state index in [4.69, 9.17) is 11.1 Å². The molecule has 0 heterocycles. The van der Waals surface area contributed by atoms with Gasteiger partial charge in [-0.1, -0.05) is 27.7 Å². The zero-order valence-electron chi connectivity index (χ0n) is 9.41. The summed E-state index contributed by atoms with van der Waals surface area (Å²) in [6, 6.07) is 0. The summed E-state index contributed by atoms with van der Waals surface area (Å²) in [7, 11) is 0. The fraction of sp³-hybridized carbons (Fsp3) is 0.889. The largest absolute Gasteiger partial charge is 0.369 e. The van der Waals surface area contributed by atoms with E-state index in [-0.39, 0.29) is 5.96 Å². The van der Waals surface area contributed by atoms with Crippen LogP contribution in [0.4, 0.5) is 0 Å². The molecule has 0 amide bonds. The number of guanidine groups is 1. The van der Waals surface area contributed by atoms with Gasteiger partial charge in [-0.2, -0.15) is 0 Å². The van der Waals surface area contributed by atoms with Crippen LogP contribution in [0.5, 0.6) is 0 Å². The Balaban J connectivity index is 4.09. The Morgan fingerprint density at radius 2 is 1.57 bits per heavy atom. The number of rotatable bonds is 6. The van der Waals surface area contributed by atoms with E-state index in [1.165, 1.54) is 0 Å². The van der Waals surface area contributed by atoms with Gasteiger partial charge in [0.05, 0.1) is 0 Å². The molecule has 2 atom stereocenters. The second-order valence-corrected chi connectivity index (χ2v) is 6.28. The highest BCUT2D eigenvalue weighted by Crippen LogP contribution is 2.30. The van der Waals surface area contributed by atoms with Gasteiger partial charge in [0.25, 0.3) is 0 Å². The number of hydrogen-bond acceptors (Lipinski definition) is 3. The van der Waals surface area contributed by atoms with Crippen molar-refractivity contribution in [1.29, 1.82) is 5.41 Å². The molecule has 0 aromatic heterocycles. The minimum Gasteiger partial charge on any atom is -0.369 e. The van der Waals surface area contributed by atoms with Crippen molar-refractivity contribution in [3.63, 3.8) is 0 Å². The summed E-state index contributed by atoms with van der Waals surface area (Å²) in [4.78, 5) is 0. The van der Waals surface area contributed by atoms with Crippen molar-refractivity contribution in [2.75, 3.05) is 0 Å². The molecule has 0 rings (SSSR count). The van der Waals surface area contributed by atoms with Crippen molar-refractivity contribution in [3.05, 3.63) is 0 Å². The van der Waals surface area contributed by atoms with Crippen LogP contribution in [-0.4, -0.2) is 20.2 Å². The third kappa shape index (κ3) is 5.65. The van der Waals surface area contributed by atoms with Gasteiger partial charge < -0.3 is 5.73 Å². The molecule has 0 saturated heterocycles. The number of hydrogen-bond donors (Lipinski definition) is 2. The van der Waals surface area contributed by atoms with Crippen molar-refractivity contribution in [1.82, 2.24) is 3.71 Å². The summed E-state index contributed by atoms with van der Waals surface area (Å²) in [5, 5.41) is 8.47. The molecule has 0 saturated carbocycles. The lowest BCUT2D eigenvalue weighted by Gasteiger charge is -2.25. The Hall–Kier alpha value is -0.0300. The molecule has 0 bridgehead atoms. The van der Waals surface area contributed by atoms with Crippen molar-refractivity contribution < 1.29 is 0 Å². The summed E-state index contributed by atoms with van der Waals surface area (Å²) < 4.78 is 1.82. The minimum absolute atomic E-state index is 0.139. The van der Waals surface area contributed by atoms with E-state index in [1.807, 2.05) is 3.71 Å². The first-order valence-electron chi connectivity index (χ1n) is 4.98. The highest BCUT2D eigenvalue weighted by atomic mass is 32.2. The first-order chi connectivity index (χ1) is 6.51. The lowest BCUT2D eigenvalue weighted by atomic mass is 10.4. The topological polar surface area (TPSA) is 53.1 Å². The van der Waals surface area contributed by atoms with Crippen molar-refractivity contribution in [2.24, 2.45) is 5.73 Å². The van der Waals surface area contributed by atoms with Crippen molar-refractivity contribution in [3.8, 4) is 0 Å². The van der Waals surface area contributed by atoms with Gasteiger partial charge >= 0.3 is 0 Å². The quantitative estimate of drug-likeness (QED) is 0.422. The van der Waals surface area contributed by atoms with Crippen LogP contribution in [-0.2, 0) is 0 Å². The maximum absolute atomic E-state index is 7.45. The first kappa shape index (κ1) is 14.0. The van der Waals surface area contributed by atoms with Crippen molar-refractivity contribution >= 4 is 29.9 Å². The second kappa shape index (κ2) is 7.29. The monoisotopic (exact) mass is 235 g/mol. The predicted molar refractivity (Wildman–Crippen MR) is 68.4 cm³/mol. The predicted octanol–water partition coefficient (Wildman–Crippen LogP) is 3.08. The lowest BCUT2D eigenvalue weighted by molar-refractivity contribution is 0.865. The van der Waals surface area contributed by atoms with Crippen LogP contribution < -0.4 is 5.73 Å². The Morgan fingerprint density at radius 3 is 1.79 bits per heavy atom. The molecule has 3 N–H and O–H groups in total. The second-order valence-electron chi connectivity index (χ2n) is 3.29. The third-order valence-electron chi connectivity index (χ3n) is 1.90. The molecule has 84 valence electrons. The SMILES string of the molecule is CCC(C)SN(SC(C)CC)C(=N)N. The number of nitrogens with two attached hydrogens (primary N) is 1. The van der Waals surface area contributed by atoms with Crippen LogP contribution in [0.15, 0.2) is 0 Å². The first-order valence-corrected chi connectivity index (χ1v) is 6.66. The molecule has 2 unspecified atom stereocenters. The maximum Gasteiger partial charge on any atom is 0.209 e. The Bertz CT molecular complexity index is 163.